The molecule has 0 atom stereocenters. The average Bonchev–Trinajstić information content (AvgIpc) is 3.21. The average molecular weight is 335 g/mol. The van der Waals surface area contributed by atoms with Crippen LogP contribution < -0.4 is 0 Å². The molecule has 0 aliphatic heterocycles. The quantitative estimate of drug-likeness (QED) is 0.587. The molecular weight excluding hydrogens is 328 g/mol. The Kier molecular flexibility index (Phi) is 3.24. The molecule has 4 nitrogen and oxygen atoms in total. The minimum atomic E-state index is 0.244. The lowest BCUT2D eigenvalue weighted by Crippen LogP contribution is -1.85. The molecule has 0 unspecified atom stereocenters. The van der Waals surface area contributed by atoms with Gasteiger partial charge in [-0.3, -0.25) is 0 Å². The minimum absolute atomic E-state index is 0.244. The second-order valence-corrected chi connectivity index (χ2v) is 6.20. The van der Waals surface area contributed by atoms with Crippen molar-refractivity contribution in [2.24, 2.45) is 0 Å². The molecule has 108 valence electrons. The molecule has 2 heterocycles. The molecule has 0 aliphatic rings. The Balaban J connectivity index is 1.93. The van der Waals surface area contributed by atoms with Crippen LogP contribution in [0.3, 0.4) is 0 Å². The van der Waals surface area contributed by atoms with E-state index in [0.717, 1.165) is 26.8 Å². The Bertz CT molecular complexity index is 1060. The van der Waals surface area contributed by atoms with E-state index in [1.54, 1.807) is 17.4 Å². The fourth-order valence-electron chi connectivity index (χ4n) is 2.46. The highest BCUT2D eigenvalue weighted by Crippen LogP contribution is 2.36. The summed E-state index contributed by atoms with van der Waals surface area (Å²) in [5.41, 5.74) is 3.46. The van der Waals surface area contributed by atoms with Gasteiger partial charge in [0.15, 0.2) is 5.69 Å². The number of nitriles is 1. The molecule has 6 heteroatoms. The van der Waals surface area contributed by atoms with E-state index in [9.17, 15) is 0 Å². The number of hydrogen-bond donors (Lipinski definition) is 1. The molecule has 0 fully saturated rings. The van der Waals surface area contributed by atoms with E-state index in [0.29, 0.717) is 10.7 Å². The van der Waals surface area contributed by atoms with E-state index in [4.69, 9.17) is 16.9 Å². The van der Waals surface area contributed by atoms with Crippen LogP contribution in [-0.4, -0.2) is 15.4 Å². The van der Waals surface area contributed by atoms with Gasteiger partial charge >= 0.3 is 0 Å². The fourth-order valence-corrected chi connectivity index (χ4v) is 3.62. The highest BCUT2D eigenvalue weighted by molar-refractivity contribution is 7.17. The lowest BCUT2D eigenvalue weighted by atomic mass is 10.0. The van der Waals surface area contributed by atoms with E-state index >= 15 is 0 Å². The van der Waals surface area contributed by atoms with Crippen LogP contribution in [0.1, 0.15) is 5.69 Å². The first-order valence-electron chi connectivity index (χ1n) is 6.68. The van der Waals surface area contributed by atoms with Crippen LogP contribution in [0.5, 0.6) is 0 Å². The minimum Gasteiger partial charge on any atom is -0.196 e. The number of benzene rings is 1. The second-order valence-electron chi connectivity index (χ2n) is 4.85. The molecule has 0 bridgehead atoms. The Morgan fingerprint density at radius 1 is 1.22 bits per heavy atom. The van der Waals surface area contributed by atoms with Gasteiger partial charge in [0.1, 0.15) is 11.8 Å². The number of rotatable bonds is 2. The zero-order valence-corrected chi connectivity index (χ0v) is 13.2. The molecule has 0 saturated carbocycles. The highest BCUT2D eigenvalue weighted by atomic mass is 35.5. The van der Waals surface area contributed by atoms with Gasteiger partial charge in [-0.1, -0.05) is 23.7 Å². The third-order valence-corrected chi connectivity index (χ3v) is 4.64. The number of hydrogen-bond acceptors (Lipinski definition) is 4. The molecule has 4 rings (SSSR count). The van der Waals surface area contributed by atoms with Gasteiger partial charge in [0.25, 0.3) is 0 Å². The van der Waals surface area contributed by atoms with E-state index in [-0.39, 0.29) is 5.69 Å². The number of nitrogens with zero attached hydrogens (tertiary/aromatic N) is 3. The Morgan fingerprint density at radius 2 is 2.09 bits per heavy atom. The number of aromatic amines is 1. The molecule has 4 aromatic rings. The van der Waals surface area contributed by atoms with Crippen molar-refractivity contribution in [3.63, 3.8) is 0 Å². The van der Waals surface area contributed by atoms with Crippen molar-refractivity contribution in [3.8, 4) is 28.5 Å². The summed E-state index contributed by atoms with van der Waals surface area (Å²) in [4.78, 5) is 0. The maximum Gasteiger partial charge on any atom is 0.190 e. The molecule has 23 heavy (non-hydrogen) atoms. The van der Waals surface area contributed by atoms with Gasteiger partial charge in [0.2, 0.25) is 0 Å². The van der Waals surface area contributed by atoms with E-state index < -0.39 is 0 Å². The van der Waals surface area contributed by atoms with Gasteiger partial charge in [0.05, 0.1) is 5.39 Å². The van der Waals surface area contributed by atoms with Crippen LogP contribution in [0, 0.1) is 23.5 Å². The molecule has 2 aromatic carbocycles. The molecule has 0 spiro atoms. The summed E-state index contributed by atoms with van der Waals surface area (Å²) in [6.45, 7) is 0. The van der Waals surface area contributed by atoms with Crippen LogP contribution in [0.2, 0.25) is 5.02 Å². The van der Waals surface area contributed by atoms with Crippen LogP contribution in [0.25, 0.3) is 32.5 Å². The third kappa shape index (κ3) is 2.33. The standard InChI is InChI=1S/C17H7ClN4S/c18-12-6-10(14-9-23-16-4-2-1-3-13(14)16)5-11(7-12)17-15(8-19)20-22-21-17/h2,4-7,9H,(H,20,21,22). The number of halogens is 1. The van der Waals surface area contributed by atoms with Gasteiger partial charge in [0, 0.05) is 26.2 Å². The molecule has 0 aliphatic carbocycles. The maximum atomic E-state index is 9.12. The highest BCUT2D eigenvalue weighted by Gasteiger charge is 2.14. The summed E-state index contributed by atoms with van der Waals surface area (Å²) in [7, 11) is 0. The van der Waals surface area contributed by atoms with Crippen molar-refractivity contribution >= 4 is 33.0 Å². The van der Waals surface area contributed by atoms with E-state index in [2.05, 4.69) is 32.9 Å². The van der Waals surface area contributed by atoms with E-state index in [1.165, 1.54) is 0 Å². The lowest BCUT2D eigenvalue weighted by molar-refractivity contribution is 0.937. The molecule has 0 radical (unpaired) electrons. The topological polar surface area (TPSA) is 65.4 Å². The predicted octanol–water partition coefficient (Wildman–Crippen LogP) is 4.48. The monoisotopic (exact) mass is 334 g/mol. The number of H-pyrrole nitrogens is 1. The van der Waals surface area contributed by atoms with Gasteiger partial charge in [-0.2, -0.15) is 15.6 Å². The number of aromatic nitrogens is 3. The summed E-state index contributed by atoms with van der Waals surface area (Å²) < 4.78 is 1.14. The second kappa shape index (κ2) is 5.40. The third-order valence-electron chi connectivity index (χ3n) is 3.47. The first-order chi connectivity index (χ1) is 11.3. The number of thiophene rings is 1. The largest absolute Gasteiger partial charge is 0.196 e. The summed E-state index contributed by atoms with van der Waals surface area (Å²) in [6.07, 6.45) is 0. The molecule has 0 amide bonds. The van der Waals surface area contributed by atoms with Gasteiger partial charge in [-0.05, 0) is 35.9 Å². The van der Waals surface area contributed by atoms with Crippen molar-refractivity contribution in [2.45, 2.75) is 0 Å². The smallest absolute Gasteiger partial charge is 0.190 e. The predicted molar refractivity (Wildman–Crippen MR) is 90.0 cm³/mol. The SMILES string of the molecule is N#Cc1n[nH]nc1-c1cc(Cl)cc(-c2csc3ccc#cc23)c1. The van der Waals surface area contributed by atoms with Crippen LogP contribution in [0.15, 0.2) is 35.7 Å². The van der Waals surface area contributed by atoms with Crippen molar-refractivity contribution in [1.82, 2.24) is 15.4 Å². The van der Waals surface area contributed by atoms with Crippen molar-refractivity contribution in [1.29, 1.82) is 5.26 Å². The van der Waals surface area contributed by atoms with Crippen molar-refractivity contribution in [2.75, 3.05) is 0 Å². The van der Waals surface area contributed by atoms with Crippen LogP contribution >= 0.6 is 22.9 Å². The summed E-state index contributed by atoms with van der Waals surface area (Å²) in [5.74, 6) is 0. The van der Waals surface area contributed by atoms with E-state index in [1.807, 2.05) is 30.3 Å². The summed E-state index contributed by atoms with van der Waals surface area (Å²) >= 11 is 7.92. The summed E-state index contributed by atoms with van der Waals surface area (Å²) in [6, 6.07) is 17.6. The van der Waals surface area contributed by atoms with Crippen molar-refractivity contribution in [3.05, 3.63) is 58.6 Å². The van der Waals surface area contributed by atoms with Crippen LogP contribution in [-0.2, 0) is 0 Å². The molecule has 1 N–H and O–H groups in total. The van der Waals surface area contributed by atoms with Gasteiger partial charge in [-0.25, -0.2) is 0 Å². The Hall–Kier alpha value is -2.86. The molecule has 0 saturated heterocycles. The van der Waals surface area contributed by atoms with Gasteiger partial charge < -0.3 is 0 Å². The van der Waals surface area contributed by atoms with Crippen molar-refractivity contribution < 1.29 is 0 Å². The zero-order valence-electron chi connectivity index (χ0n) is 11.6. The molecule has 2 aromatic heterocycles. The van der Waals surface area contributed by atoms with Gasteiger partial charge in [-0.15, -0.1) is 16.4 Å². The zero-order chi connectivity index (χ0) is 15.8. The normalized spacial score (nSPS) is 10.4. The first-order valence-corrected chi connectivity index (χ1v) is 7.94. The Labute approximate surface area is 141 Å². The first kappa shape index (κ1) is 13.8. The number of nitrogens with one attached hydrogen (secondary N) is 1. The fraction of sp³-hybridized carbons (Fsp3) is 0. The lowest BCUT2D eigenvalue weighted by Gasteiger charge is -2.04. The molecular formula is C17H7ClN4S. The Morgan fingerprint density at radius 3 is 2.96 bits per heavy atom. The maximum absolute atomic E-state index is 9.12. The van der Waals surface area contributed by atoms with Crippen LogP contribution in [0.4, 0.5) is 0 Å². The summed E-state index contributed by atoms with van der Waals surface area (Å²) in [5, 5.41) is 23.1. The number of fused-ring (bicyclic) bond motifs is 1.